The van der Waals surface area contributed by atoms with E-state index in [-0.39, 0.29) is 5.45 Å². The van der Waals surface area contributed by atoms with Crippen molar-refractivity contribution in [3.05, 3.63) is 0 Å². The number of hydrogen-bond acceptors (Lipinski definition) is 5. The van der Waals surface area contributed by atoms with E-state index in [1.165, 1.54) is 28.2 Å². The summed E-state index contributed by atoms with van der Waals surface area (Å²) in [5.74, 6) is -0.488. The zero-order valence-corrected chi connectivity index (χ0v) is 8.87. The molecule has 0 aliphatic carbocycles. The summed E-state index contributed by atoms with van der Waals surface area (Å²) in [4.78, 5) is 14.4. The van der Waals surface area contributed by atoms with Crippen LogP contribution >= 0.6 is 7.60 Å². The van der Waals surface area contributed by atoms with Crippen LogP contribution in [0.2, 0.25) is 0 Å². The van der Waals surface area contributed by atoms with Crippen molar-refractivity contribution in [1.82, 2.24) is 0 Å². The lowest BCUT2D eigenvalue weighted by Crippen LogP contribution is -2.14. The van der Waals surface area contributed by atoms with E-state index in [1.807, 2.05) is 0 Å². The maximum Gasteiger partial charge on any atom is 0.492 e. The molecule has 0 fully saturated rings. The first kappa shape index (κ1) is 12.2. The quantitative estimate of drug-likeness (QED) is 0.295. The van der Waals surface area contributed by atoms with E-state index in [2.05, 4.69) is 19.0 Å². The first-order chi connectivity index (χ1) is 6.01. The Balaban J connectivity index is 5.31. The van der Waals surface area contributed by atoms with Gasteiger partial charge in [-0.25, -0.2) is 4.57 Å². The molecule has 0 atom stereocenters. The van der Waals surface area contributed by atoms with E-state index >= 15 is 0 Å². The molecule has 0 saturated carbocycles. The Morgan fingerprint density at radius 2 is 1.85 bits per heavy atom. The highest BCUT2D eigenvalue weighted by Gasteiger charge is 2.44. The second-order valence-corrected chi connectivity index (χ2v) is 4.19. The molecule has 0 aliphatic heterocycles. The Hall–Kier alpha value is -0.800. The van der Waals surface area contributed by atoms with Gasteiger partial charge in [-0.1, -0.05) is 0 Å². The minimum atomic E-state index is -3.56. The fourth-order valence-electron chi connectivity index (χ4n) is 0.660. The van der Waals surface area contributed by atoms with E-state index in [0.717, 1.165) is 0 Å². The predicted molar refractivity (Wildman–Crippen MR) is 45.9 cm³/mol. The molecule has 6 nitrogen and oxygen atoms in total. The number of Topliss-reactive ketones (excluding diaryl/α,β-unsaturated/α-hetero) is 1. The molecular formula is C6H12N2O4P+. The van der Waals surface area contributed by atoms with Gasteiger partial charge in [-0.2, -0.15) is 0 Å². The lowest BCUT2D eigenvalue weighted by atomic mass is 10.5. The van der Waals surface area contributed by atoms with E-state index in [9.17, 15) is 9.36 Å². The third-order valence-corrected chi connectivity index (χ3v) is 3.13. The molecule has 0 aromatic rings. The summed E-state index contributed by atoms with van der Waals surface area (Å²) < 4.78 is 20.8. The highest BCUT2D eigenvalue weighted by atomic mass is 31.2. The fourth-order valence-corrected chi connectivity index (χ4v) is 1.74. The Labute approximate surface area is 76.2 Å². The molecule has 0 N–H and O–H groups in total. The van der Waals surface area contributed by atoms with Gasteiger partial charge < -0.3 is 9.05 Å². The first-order valence-corrected chi connectivity index (χ1v) is 4.96. The molecule has 7 heteroatoms. The molecule has 0 bridgehead atoms. The SMILES string of the molecule is CN=[N+]=C(C(C)=O)P(=O)(OC)OC. The number of rotatable bonds is 4. The molecule has 0 heterocycles. The number of hydrogen-bond donors (Lipinski definition) is 0. The second kappa shape index (κ2) is 5.04. The third kappa shape index (κ3) is 2.86. The van der Waals surface area contributed by atoms with Crippen molar-refractivity contribution in [2.24, 2.45) is 5.11 Å². The van der Waals surface area contributed by atoms with Crippen molar-refractivity contribution in [2.45, 2.75) is 6.92 Å². The summed E-state index contributed by atoms with van der Waals surface area (Å²) in [6.07, 6.45) is 0. The van der Waals surface area contributed by atoms with Crippen molar-refractivity contribution >= 4 is 18.8 Å². The average molecular weight is 207 g/mol. The van der Waals surface area contributed by atoms with Gasteiger partial charge in [0.15, 0.2) is 0 Å². The first-order valence-electron chi connectivity index (χ1n) is 3.41. The molecule has 0 radical (unpaired) electrons. The van der Waals surface area contributed by atoms with Crippen LogP contribution in [-0.4, -0.2) is 37.3 Å². The highest BCUT2D eigenvalue weighted by molar-refractivity contribution is 7.74. The summed E-state index contributed by atoms with van der Waals surface area (Å²) >= 11 is 0. The normalized spacial score (nSPS) is 10.5. The van der Waals surface area contributed by atoms with Crippen LogP contribution in [0.25, 0.3) is 0 Å². The smallest absolute Gasteiger partial charge is 0.303 e. The van der Waals surface area contributed by atoms with Gasteiger partial charge in [0, 0.05) is 21.1 Å². The molecule has 0 spiro atoms. The second-order valence-electron chi connectivity index (χ2n) is 2.04. The summed E-state index contributed by atoms with van der Waals surface area (Å²) in [6.45, 7) is 1.22. The zero-order valence-electron chi connectivity index (χ0n) is 7.97. The minimum Gasteiger partial charge on any atom is -0.303 e. The highest BCUT2D eigenvalue weighted by Crippen LogP contribution is 2.47. The van der Waals surface area contributed by atoms with Gasteiger partial charge in [0.2, 0.25) is 0 Å². The maximum absolute atomic E-state index is 11.6. The molecule has 0 aromatic heterocycles. The van der Waals surface area contributed by atoms with Gasteiger partial charge in [-0.15, -0.1) is 0 Å². The number of nitrogens with zero attached hydrogens (tertiary/aromatic N) is 2. The van der Waals surface area contributed by atoms with Crippen LogP contribution in [0.3, 0.4) is 0 Å². The van der Waals surface area contributed by atoms with Crippen LogP contribution in [0.5, 0.6) is 0 Å². The van der Waals surface area contributed by atoms with Crippen molar-refractivity contribution in [3.8, 4) is 0 Å². The maximum atomic E-state index is 11.6. The lowest BCUT2D eigenvalue weighted by Gasteiger charge is -2.04. The van der Waals surface area contributed by atoms with Gasteiger partial charge in [0.25, 0.3) is 5.78 Å². The summed E-state index contributed by atoms with van der Waals surface area (Å²) in [7, 11) is 0.160. The molecule has 13 heavy (non-hydrogen) atoms. The lowest BCUT2D eigenvalue weighted by molar-refractivity contribution is -0.121. The van der Waals surface area contributed by atoms with E-state index in [1.54, 1.807) is 0 Å². The fraction of sp³-hybridized carbons (Fsp3) is 0.667. The summed E-state index contributed by atoms with van der Waals surface area (Å²) in [5, 5.41) is 3.35. The molecule has 74 valence electrons. The van der Waals surface area contributed by atoms with E-state index in [4.69, 9.17) is 0 Å². The zero-order chi connectivity index (χ0) is 10.5. The van der Waals surface area contributed by atoms with Gasteiger partial charge in [-0.05, 0) is 0 Å². The monoisotopic (exact) mass is 207 g/mol. The topological polar surface area (TPSA) is 79.1 Å². The average Bonchev–Trinajstić information content (AvgIpc) is 2.12. The Morgan fingerprint density at radius 1 is 1.38 bits per heavy atom. The minimum absolute atomic E-state index is 0.292. The van der Waals surface area contributed by atoms with Crippen LogP contribution in [-0.2, 0) is 18.4 Å². The number of ketones is 1. The Kier molecular flexibility index (Phi) is 4.73. The summed E-state index contributed by atoms with van der Waals surface area (Å²) in [5.41, 5.74) is -0.292. The van der Waals surface area contributed by atoms with Gasteiger partial charge in [0.1, 0.15) is 7.05 Å². The Morgan fingerprint density at radius 3 is 2.08 bits per heavy atom. The molecular weight excluding hydrogens is 195 g/mol. The van der Waals surface area contributed by atoms with Crippen molar-refractivity contribution in [2.75, 3.05) is 21.3 Å². The molecule has 0 aromatic carbocycles. The molecule has 0 amide bonds. The molecule has 0 aliphatic rings. The third-order valence-electron chi connectivity index (χ3n) is 1.25. The van der Waals surface area contributed by atoms with E-state index < -0.39 is 13.4 Å². The van der Waals surface area contributed by atoms with Crippen LogP contribution in [0, 0.1) is 0 Å². The predicted octanol–water partition coefficient (Wildman–Crippen LogP) is 0.750. The van der Waals surface area contributed by atoms with Crippen molar-refractivity contribution in [1.29, 1.82) is 0 Å². The molecule has 0 unspecified atom stereocenters. The summed E-state index contributed by atoms with van der Waals surface area (Å²) in [6, 6.07) is 0. The van der Waals surface area contributed by atoms with Gasteiger partial charge in [-0.3, -0.25) is 4.79 Å². The van der Waals surface area contributed by atoms with Crippen LogP contribution in [0.4, 0.5) is 0 Å². The molecule has 0 saturated heterocycles. The number of carbonyl (C=O) groups is 1. The van der Waals surface area contributed by atoms with Gasteiger partial charge in [0.05, 0.1) is 9.90 Å². The van der Waals surface area contributed by atoms with Crippen LogP contribution < -0.4 is 0 Å². The number of carbonyl (C=O) groups excluding carboxylic acids is 1. The van der Waals surface area contributed by atoms with Crippen molar-refractivity contribution in [3.63, 3.8) is 0 Å². The largest absolute Gasteiger partial charge is 0.492 e. The van der Waals surface area contributed by atoms with Crippen LogP contribution in [0.1, 0.15) is 6.92 Å². The molecule has 0 rings (SSSR count). The Bertz CT molecular complexity index is 298. The van der Waals surface area contributed by atoms with Gasteiger partial charge >= 0.3 is 13.0 Å². The standard InChI is InChI=1S/C6H12N2O4P/c1-5(9)6(8-7-2)13(10,11-3)12-4/h1-4H3/q+1. The van der Waals surface area contributed by atoms with Crippen LogP contribution in [0.15, 0.2) is 5.11 Å². The van der Waals surface area contributed by atoms with Crippen molar-refractivity contribution < 1.29 is 23.2 Å². The van der Waals surface area contributed by atoms with E-state index in [0.29, 0.717) is 0 Å².